The molecule has 92 valence electrons. The van der Waals surface area contributed by atoms with Gasteiger partial charge in [-0.25, -0.2) is 0 Å². The Balaban J connectivity index is 4.45. The highest BCUT2D eigenvalue weighted by molar-refractivity contribution is 4.82. The van der Waals surface area contributed by atoms with E-state index in [1.165, 1.54) is 38.5 Å². The van der Waals surface area contributed by atoms with Crippen molar-refractivity contribution >= 4 is 0 Å². The second-order valence-electron chi connectivity index (χ2n) is 5.79. The van der Waals surface area contributed by atoms with Crippen LogP contribution in [0.15, 0.2) is 0 Å². The van der Waals surface area contributed by atoms with Crippen molar-refractivity contribution in [2.24, 2.45) is 17.3 Å². The molecule has 0 spiro atoms. The van der Waals surface area contributed by atoms with Crippen LogP contribution in [-0.2, 0) is 0 Å². The Kier molecular flexibility index (Phi) is 7.30. The summed E-state index contributed by atoms with van der Waals surface area (Å²) in [4.78, 5) is 0. The van der Waals surface area contributed by atoms with Crippen LogP contribution in [0.25, 0.3) is 0 Å². The van der Waals surface area contributed by atoms with E-state index in [2.05, 4.69) is 41.5 Å². The molecule has 0 aromatic rings. The Morgan fingerprint density at radius 3 is 1.53 bits per heavy atom. The van der Waals surface area contributed by atoms with E-state index in [1.807, 2.05) is 0 Å². The summed E-state index contributed by atoms with van der Waals surface area (Å²) in [6, 6.07) is 0. The van der Waals surface area contributed by atoms with Gasteiger partial charge in [-0.3, -0.25) is 0 Å². The van der Waals surface area contributed by atoms with E-state index in [9.17, 15) is 0 Å². The highest BCUT2D eigenvalue weighted by atomic mass is 14.4. The van der Waals surface area contributed by atoms with Gasteiger partial charge in [0.15, 0.2) is 0 Å². The zero-order valence-corrected chi connectivity index (χ0v) is 11.9. The van der Waals surface area contributed by atoms with Crippen molar-refractivity contribution in [2.45, 2.75) is 80.1 Å². The molecule has 0 aliphatic carbocycles. The third kappa shape index (κ3) is 4.57. The van der Waals surface area contributed by atoms with Crippen molar-refractivity contribution < 1.29 is 0 Å². The van der Waals surface area contributed by atoms with Gasteiger partial charge in [-0.2, -0.15) is 0 Å². The maximum Gasteiger partial charge on any atom is -0.0300 e. The fraction of sp³-hybridized carbons (Fsp3) is 1.00. The van der Waals surface area contributed by atoms with Gasteiger partial charge < -0.3 is 0 Å². The Hall–Kier alpha value is 0. The van der Waals surface area contributed by atoms with E-state index in [4.69, 9.17) is 0 Å². The van der Waals surface area contributed by atoms with Gasteiger partial charge in [-0.1, -0.05) is 80.1 Å². The fourth-order valence-electron chi connectivity index (χ4n) is 2.79. The number of hydrogen-bond donors (Lipinski definition) is 0. The van der Waals surface area contributed by atoms with E-state index >= 15 is 0 Å². The van der Waals surface area contributed by atoms with Crippen molar-refractivity contribution in [3.05, 3.63) is 0 Å². The maximum atomic E-state index is 2.49. The summed E-state index contributed by atoms with van der Waals surface area (Å²) >= 11 is 0. The highest BCUT2D eigenvalue weighted by Crippen LogP contribution is 2.42. The average Bonchev–Trinajstić information content (AvgIpc) is 2.18. The molecule has 0 nitrogen and oxygen atoms in total. The van der Waals surface area contributed by atoms with Crippen LogP contribution >= 0.6 is 0 Å². The van der Waals surface area contributed by atoms with Gasteiger partial charge in [0, 0.05) is 0 Å². The molecule has 0 heterocycles. The molecular weight excluding hydrogens is 180 g/mol. The second kappa shape index (κ2) is 7.30. The largest absolute Gasteiger partial charge is 0.0654 e. The van der Waals surface area contributed by atoms with E-state index in [-0.39, 0.29) is 0 Å². The van der Waals surface area contributed by atoms with Crippen molar-refractivity contribution in [3.8, 4) is 0 Å². The van der Waals surface area contributed by atoms with Gasteiger partial charge in [0.2, 0.25) is 0 Å². The molecule has 1 atom stereocenters. The molecule has 0 aromatic carbocycles. The Labute approximate surface area is 97.8 Å². The van der Waals surface area contributed by atoms with Gasteiger partial charge in [0.05, 0.1) is 0 Å². The minimum atomic E-state index is 0.530. The van der Waals surface area contributed by atoms with Crippen LogP contribution in [0.1, 0.15) is 80.1 Å². The molecule has 0 aromatic heterocycles. The molecule has 0 aliphatic rings. The predicted octanol–water partition coefficient (Wildman–Crippen LogP) is 5.67. The Morgan fingerprint density at radius 2 is 1.20 bits per heavy atom. The van der Waals surface area contributed by atoms with Crippen LogP contribution in [0.4, 0.5) is 0 Å². The average molecular weight is 212 g/mol. The molecule has 0 N–H and O–H groups in total. The summed E-state index contributed by atoms with van der Waals surface area (Å²) in [5, 5.41) is 0. The molecule has 0 aliphatic heterocycles. The van der Waals surface area contributed by atoms with Gasteiger partial charge >= 0.3 is 0 Å². The molecule has 0 saturated heterocycles. The summed E-state index contributed by atoms with van der Waals surface area (Å²) < 4.78 is 0. The lowest BCUT2D eigenvalue weighted by molar-refractivity contribution is 0.101. The first-order chi connectivity index (χ1) is 7.00. The maximum absolute atomic E-state index is 2.49. The summed E-state index contributed by atoms with van der Waals surface area (Å²) in [5.41, 5.74) is 0.530. The Morgan fingerprint density at radius 1 is 0.800 bits per heavy atom. The smallest absolute Gasteiger partial charge is 0.0300 e. The van der Waals surface area contributed by atoms with E-state index in [1.54, 1.807) is 0 Å². The lowest BCUT2D eigenvalue weighted by Gasteiger charge is -2.40. The quantitative estimate of drug-likeness (QED) is 0.486. The first-order valence-corrected chi connectivity index (χ1v) is 7.00. The SMILES string of the molecule is CCCC(C)C(C)(C)C(CCC)CCC. The van der Waals surface area contributed by atoms with Gasteiger partial charge in [0.1, 0.15) is 0 Å². The normalized spacial score (nSPS) is 14.6. The van der Waals surface area contributed by atoms with Crippen molar-refractivity contribution in [2.75, 3.05) is 0 Å². The van der Waals surface area contributed by atoms with Crippen LogP contribution in [0, 0.1) is 17.3 Å². The molecule has 1 unspecified atom stereocenters. The molecule has 0 radical (unpaired) electrons. The molecular formula is C15H32. The third-order valence-electron chi connectivity index (χ3n) is 4.32. The van der Waals surface area contributed by atoms with Crippen LogP contribution < -0.4 is 0 Å². The van der Waals surface area contributed by atoms with E-state index in [0.29, 0.717) is 5.41 Å². The number of hydrogen-bond acceptors (Lipinski definition) is 0. The van der Waals surface area contributed by atoms with Gasteiger partial charge in [-0.15, -0.1) is 0 Å². The summed E-state index contributed by atoms with van der Waals surface area (Å²) in [6.07, 6.45) is 8.22. The van der Waals surface area contributed by atoms with Crippen molar-refractivity contribution in [3.63, 3.8) is 0 Å². The zero-order valence-electron chi connectivity index (χ0n) is 11.9. The summed E-state index contributed by atoms with van der Waals surface area (Å²) in [7, 11) is 0. The number of rotatable bonds is 8. The molecule has 0 amide bonds. The van der Waals surface area contributed by atoms with Crippen LogP contribution in [-0.4, -0.2) is 0 Å². The first-order valence-electron chi connectivity index (χ1n) is 7.00. The molecule has 0 rings (SSSR count). The fourth-order valence-corrected chi connectivity index (χ4v) is 2.79. The lowest BCUT2D eigenvalue weighted by Crippen LogP contribution is -2.31. The summed E-state index contributed by atoms with van der Waals surface area (Å²) in [5.74, 6) is 1.79. The first kappa shape index (κ1) is 15.0. The minimum Gasteiger partial charge on any atom is -0.0654 e. The van der Waals surface area contributed by atoms with Gasteiger partial charge in [-0.05, 0) is 17.3 Å². The van der Waals surface area contributed by atoms with Crippen LogP contribution in [0.3, 0.4) is 0 Å². The second-order valence-corrected chi connectivity index (χ2v) is 5.79. The summed E-state index contributed by atoms with van der Waals surface area (Å²) in [6.45, 7) is 14.4. The zero-order chi connectivity index (χ0) is 11.9. The van der Waals surface area contributed by atoms with Crippen molar-refractivity contribution in [1.29, 1.82) is 0 Å². The topological polar surface area (TPSA) is 0 Å². The van der Waals surface area contributed by atoms with E-state index < -0.39 is 0 Å². The molecule has 15 heavy (non-hydrogen) atoms. The Bertz CT molecular complexity index is 140. The predicted molar refractivity (Wildman–Crippen MR) is 71.2 cm³/mol. The van der Waals surface area contributed by atoms with Gasteiger partial charge in [0.25, 0.3) is 0 Å². The monoisotopic (exact) mass is 212 g/mol. The van der Waals surface area contributed by atoms with Crippen LogP contribution in [0.2, 0.25) is 0 Å². The van der Waals surface area contributed by atoms with Crippen LogP contribution in [0.5, 0.6) is 0 Å². The standard InChI is InChI=1S/C15H32/c1-7-10-13(4)15(5,6)14(11-8-2)12-9-3/h13-14H,7-12H2,1-6H3. The third-order valence-corrected chi connectivity index (χ3v) is 4.32. The highest BCUT2D eigenvalue weighted by Gasteiger charge is 2.32. The molecule has 0 bridgehead atoms. The minimum absolute atomic E-state index is 0.530. The lowest BCUT2D eigenvalue weighted by atomic mass is 9.66. The van der Waals surface area contributed by atoms with Crippen molar-refractivity contribution in [1.82, 2.24) is 0 Å². The molecule has 0 saturated carbocycles. The molecule has 0 fully saturated rings. The molecule has 0 heteroatoms. The van der Waals surface area contributed by atoms with E-state index in [0.717, 1.165) is 11.8 Å².